The number of para-hydroxylation sites is 1. The zero-order valence-corrected chi connectivity index (χ0v) is 19.7. The average Bonchev–Trinajstić information content (AvgIpc) is 3.20. The van der Waals surface area contributed by atoms with E-state index in [1.165, 1.54) is 5.56 Å². The molecule has 0 bridgehead atoms. The van der Waals surface area contributed by atoms with Crippen LogP contribution in [0.1, 0.15) is 49.4 Å². The van der Waals surface area contributed by atoms with E-state index in [4.69, 9.17) is 14.5 Å². The number of rotatable bonds is 9. The SMILES string of the molecule is CCc1c2c(nc3ccccc13)-c1cc(C(C)(C=COCC=O)CC)c(COC)c(=O)n1C2. The van der Waals surface area contributed by atoms with E-state index in [1.807, 2.05) is 28.8 Å². The van der Waals surface area contributed by atoms with Crippen LogP contribution in [0.4, 0.5) is 0 Å². The summed E-state index contributed by atoms with van der Waals surface area (Å²) < 4.78 is 12.6. The van der Waals surface area contributed by atoms with Gasteiger partial charge in [-0.3, -0.25) is 9.59 Å². The van der Waals surface area contributed by atoms with E-state index < -0.39 is 5.41 Å². The van der Waals surface area contributed by atoms with Crippen molar-refractivity contribution in [3.8, 4) is 11.4 Å². The second kappa shape index (κ2) is 9.32. The summed E-state index contributed by atoms with van der Waals surface area (Å²) in [7, 11) is 1.60. The molecule has 33 heavy (non-hydrogen) atoms. The maximum absolute atomic E-state index is 13.7. The lowest BCUT2D eigenvalue weighted by Crippen LogP contribution is -2.30. The molecule has 1 aliphatic heterocycles. The van der Waals surface area contributed by atoms with E-state index in [0.29, 0.717) is 18.4 Å². The Morgan fingerprint density at radius 3 is 2.70 bits per heavy atom. The fraction of sp³-hybridized carbons (Fsp3) is 0.370. The Kier molecular flexibility index (Phi) is 6.47. The number of fused-ring (bicyclic) bond motifs is 4. The number of nitrogens with zero attached hydrogens (tertiary/aromatic N) is 2. The second-order valence-electron chi connectivity index (χ2n) is 8.61. The quantitative estimate of drug-likeness (QED) is 0.215. The Bertz CT molecular complexity index is 1290. The highest BCUT2D eigenvalue weighted by Gasteiger charge is 2.32. The van der Waals surface area contributed by atoms with Crippen LogP contribution >= 0.6 is 0 Å². The molecular formula is C27H30N2O4. The number of allylic oxidation sites excluding steroid dienone is 1. The normalized spacial score (nSPS) is 14.3. The summed E-state index contributed by atoms with van der Waals surface area (Å²) in [6.45, 7) is 7.02. The molecule has 3 heterocycles. The van der Waals surface area contributed by atoms with E-state index in [9.17, 15) is 9.59 Å². The fourth-order valence-electron chi connectivity index (χ4n) is 4.79. The van der Waals surface area contributed by atoms with Gasteiger partial charge in [-0.1, -0.05) is 39.0 Å². The van der Waals surface area contributed by atoms with Crippen LogP contribution in [0.2, 0.25) is 0 Å². The zero-order valence-electron chi connectivity index (χ0n) is 19.7. The predicted octanol–water partition coefficient (Wildman–Crippen LogP) is 4.53. The predicted molar refractivity (Wildman–Crippen MR) is 129 cm³/mol. The molecule has 3 aromatic rings. The first-order valence-corrected chi connectivity index (χ1v) is 11.4. The zero-order chi connectivity index (χ0) is 23.6. The van der Waals surface area contributed by atoms with Gasteiger partial charge in [0, 0.05) is 29.0 Å². The number of methoxy groups -OCH3 is 1. The van der Waals surface area contributed by atoms with E-state index in [0.717, 1.165) is 46.3 Å². The lowest BCUT2D eigenvalue weighted by molar-refractivity contribution is -0.110. The largest absolute Gasteiger partial charge is 0.494 e. The third kappa shape index (κ3) is 3.89. The van der Waals surface area contributed by atoms with Crippen LogP contribution in [0.3, 0.4) is 0 Å². The highest BCUT2D eigenvalue weighted by Crippen LogP contribution is 2.39. The number of hydrogen-bond donors (Lipinski definition) is 0. The lowest BCUT2D eigenvalue weighted by Gasteiger charge is -2.28. The number of aromatic nitrogens is 2. The number of benzene rings is 1. The van der Waals surface area contributed by atoms with E-state index >= 15 is 0 Å². The Balaban J connectivity index is 1.96. The topological polar surface area (TPSA) is 70.4 Å². The minimum Gasteiger partial charge on any atom is -0.494 e. The van der Waals surface area contributed by atoms with Gasteiger partial charge in [-0.2, -0.15) is 0 Å². The first-order chi connectivity index (χ1) is 16.0. The molecule has 0 fully saturated rings. The van der Waals surface area contributed by atoms with Crippen LogP contribution in [-0.4, -0.2) is 29.6 Å². The number of hydrogen-bond acceptors (Lipinski definition) is 5. The first kappa shape index (κ1) is 22.9. The molecule has 0 N–H and O–H groups in total. The van der Waals surface area contributed by atoms with Crippen molar-refractivity contribution in [3.63, 3.8) is 0 Å². The molecule has 1 unspecified atom stereocenters. The number of carbonyl (C=O) groups is 1. The third-order valence-corrected chi connectivity index (χ3v) is 6.76. The molecule has 172 valence electrons. The first-order valence-electron chi connectivity index (χ1n) is 11.4. The Morgan fingerprint density at radius 2 is 2.00 bits per heavy atom. The highest BCUT2D eigenvalue weighted by atomic mass is 16.5. The molecule has 0 spiro atoms. The molecule has 4 rings (SSSR count). The summed E-state index contributed by atoms with van der Waals surface area (Å²) in [5.41, 5.74) is 6.05. The molecule has 0 radical (unpaired) electrons. The summed E-state index contributed by atoms with van der Waals surface area (Å²) in [5.74, 6) is 0. The molecule has 0 saturated heterocycles. The van der Waals surface area contributed by atoms with Gasteiger partial charge in [0.2, 0.25) is 0 Å². The fourth-order valence-corrected chi connectivity index (χ4v) is 4.79. The van der Waals surface area contributed by atoms with Gasteiger partial charge in [0.15, 0.2) is 6.29 Å². The Labute approximate surface area is 193 Å². The van der Waals surface area contributed by atoms with Gasteiger partial charge in [-0.25, -0.2) is 4.98 Å². The van der Waals surface area contributed by atoms with Crippen molar-refractivity contribution in [2.75, 3.05) is 13.7 Å². The van der Waals surface area contributed by atoms with Gasteiger partial charge >= 0.3 is 0 Å². The van der Waals surface area contributed by atoms with Crippen molar-refractivity contribution >= 4 is 17.2 Å². The van der Waals surface area contributed by atoms with Gasteiger partial charge in [0.1, 0.15) is 6.61 Å². The van der Waals surface area contributed by atoms with Gasteiger partial charge in [0.05, 0.1) is 36.3 Å². The van der Waals surface area contributed by atoms with Crippen LogP contribution in [0.25, 0.3) is 22.3 Å². The minimum atomic E-state index is -0.474. The molecule has 1 aliphatic rings. The number of aryl methyl sites for hydroxylation is 1. The van der Waals surface area contributed by atoms with Crippen LogP contribution in [0, 0.1) is 0 Å². The maximum atomic E-state index is 13.7. The van der Waals surface area contributed by atoms with Crippen LogP contribution < -0.4 is 5.56 Å². The van der Waals surface area contributed by atoms with E-state index in [-0.39, 0.29) is 18.8 Å². The van der Waals surface area contributed by atoms with E-state index in [2.05, 4.69) is 32.9 Å². The van der Waals surface area contributed by atoms with Crippen molar-refractivity contribution in [1.29, 1.82) is 0 Å². The van der Waals surface area contributed by atoms with Gasteiger partial charge in [0.25, 0.3) is 5.56 Å². The summed E-state index contributed by atoms with van der Waals surface area (Å²) in [4.78, 5) is 29.3. The molecule has 6 heteroatoms. The molecule has 2 aromatic heterocycles. The van der Waals surface area contributed by atoms with Gasteiger partial charge in [-0.15, -0.1) is 0 Å². The summed E-state index contributed by atoms with van der Waals surface area (Å²) in [6.07, 6.45) is 5.79. The van der Waals surface area contributed by atoms with Crippen LogP contribution in [-0.2, 0) is 39.3 Å². The lowest BCUT2D eigenvalue weighted by atomic mass is 9.78. The third-order valence-electron chi connectivity index (χ3n) is 6.76. The standard InChI is InChI=1S/C27H30N2O4/c1-5-18-19-9-7-8-10-23(19)28-25-20(18)16-29-24(25)15-22(21(17-32-4)26(29)31)27(3,6-2)11-13-33-14-12-30/h7-13,15H,5-6,14,16-17H2,1-4H3. The van der Waals surface area contributed by atoms with Crippen molar-refractivity contribution in [3.05, 3.63) is 75.3 Å². The number of aldehydes is 1. The monoisotopic (exact) mass is 446 g/mol. The average molecular weight is 447 g/mol. The van der Waals surface area contributed by atoms with Crippen molar-refractivity contribution < 1.29 is 14.3 Å². The molecule has 1 atom stereocenters. The van der Waals surface area contributed by atoms with Gasteiger partial charge < -0.3 is 14.0 Å². The molecule has 0 saturated carbocycles. The van der Waals surface area contributed by atoms with Crippen molar-refractivity contribution in [2.24, 2.45) is 0 Å². The maximum Gasteiger partial charge on any atom is 0.257 e. The highest BCUT2D eigenvalue weighted by molar-refractivity contribution is 5.88. The number of pyridine rings is 2. The Hall–Kier alpha value is -3.25. The smallest absolute Gasteiger partial charge is 0.257 e. The van der Waals surface area contributed by atoms with Gasteiger partial charge in [-0.05, 0) is 42.2 Å². The summed E-state index contributed by atoms with van der Waals surface area (Å²) in [5, 5.41) is 1.14. The number of ether oxygens (including phenoxy) is 2. The van der Waals surface area contributed by atoms with Crippen molar-refractivity contribution in [1.82, 2.24) is 9.55 Å². The summed E-state index contributed by atoms with van der Waals surface area (Å²) >= 11 is 0. The molecule has 1 aromatic carbocycles. The van der Waals surface area contributed by atoms with Crippen LogP contribution in [0.5, 0.6) is 0 Å². The molecule has 6 nitrogen and oxygen atoms in total. The second-order valence-corrected chi connectivity index (χ2v) is 8.61. The molecule has 0 aliphatic carbocycles. The Morgan fingerprint density at radius 1 is 1.21 bits per heavy atom. The van der Waals surface area contributed by atoms with Crippen molar-refractivity contribution in [2.45, 2.75) is 52.2 Å². The van der Waals surface area contributed by atoms with Crippen LogP contribution in [0.15, 0.2) is 47.5 Å². The number of carbonyl (C=O) groups excluding carboxylic acids is 1. The van der Waals surface area contributed by atoms with E-state index in [1.54, 1.807) is 13.4 Å². The molecular weight excluding hydrogens is 416 g/mol. The minimum absolute atomic E-state index is 0.00175. The summed E-state index contributed by atoms with van der Waals surface area (Å²) in [6, 6.07) is 10.3. The molecule has 0 amide bonds.